The van der Waals surface area contributed by atoms with Crippen LogP contribution in [0.25, 0.3) is 0 Å². The predicted octanol–water partition coefficient (Wildman–Crippen LogP) is 1.51. The van der Waals surface area contributed by atoms with E-state index in [1.807, 2.05) is 0 Å². The molecule has 18 heavy (non-hydrogen) atoms. The van der Waals surface area contributed by atoms with Crippen LogP contribution in [0.3, 0.4) is 0 Å². The number of anilines is 1. The van der Waals surface area contributed by atoms with Crippen molar-refractivity contribution in [1.82, 2.24) is 0 Å². The van der Waals surface area contributed by atoms with Crippen LogP contribution >= 0.6 is 0 Å². The number of nitriles is 1. The zero-order valence-electron chi connectivity index (χ0n) is 9.06. The molecule has 8 heteroatoms. The molecule has 0 unspecified atom stereocenters. The van der Waals surface area contributed by atoms with Gasteiger partial charge in [-0.05, 0) is 12.1 Å². The summed E-state index contributed by atoms with van der Waals surface area (Å²) in [7, 11) is 0. The predicted molar refractivity (Wildman–Crippen MR) is 58.3 cm³/mol. The number of hydrogen-bond acceptors (Lipinski definition) is 5. The highest BCUT2D eigenvalue weighted by Gasteiger charge is 2.27. The Kier molecular flexibility index (Phi) is 4.12. The van der Waals surface area contributed by atoms with Gasteiger partial charge in [-0.25, -0.2) is 8.78 Å². The highest BCUT2D eigenvalue weighted by atomic mass is 19.3. The first-order chi connectivity index (χ1) is 8.39. The number of hydrogen-bond donors (Lipinski definition) is 2. The second kappa shape index (κ2) is 5.37. The SMILES string of the molecule is N#Cc1cc(NCC(F)(F)CO)ccc1[N+](=O)[O-]. The number of aliphatic hydroxyl groups excluding tert-OH is 1. The quantitative estimate of drug-likeness (QED) is 0.615. The van der Waals surface area contributed by atoms with Gasteiger partial charge in [0.05, 0.1) is 11.5 Å². The van der Waals surface area contributed by atoms with E-state index in [1.165, 1.54) is 6.07 Å². The number of halogens is 2. The molecule has 1 aromatic carbocycles. The lowest BCUT2D eigenvalue weighted by atomic mass is 10.1. The van der Waals surface area contributed by atoms with Gasteiger partial charge in [-0.1, -0.05) is 0 Å². The molecule has 0 saturated carbocycles. The van der Waals surface area contributed by atoms with Gasteiger partial charge < -0.3 is 10.4 Å². The van der Waals surface area contributed by atoms with Crippen molar-refractivity contribution in [3.05, 3.63) is 33.9 Å². The lowest BCUT2D eigenvalue weighted by Crippen LogP contribution is -2.31. The van der Waals surface area contributed by atoms with E-state index in [-0.39, 0.29) is 11.3 Å². The number of rotatable bonds is 5. The molecular weight excluding hydrogens is 248 g/mol. The van der Waals surface area contributed by atoms with Gasteiger partial charge in [0.25, 0.3) is 11.6 Å². The fraction of sp³-hybridized carbons (Fsp3) is 0.300. The number of nitrogens with one attached hydrogen (secondary N) is 1. The third kappa shape index (κ3) is 3.36. The van der Waals surface area contributed by atoms with Crippen LogP contribution < -0.4 is 5.32 Å². The second-order valence-corrected chi connectivity index (χ2v) is 3.47. The largest absolute Gasteiger partial charge is 0.390 e. The number of benzene rings is 1. The van der Waals surface area contributed by atoms with E-state index in [0.29, 0.717) is 0 Å². The van der Waals surface area contributed by atoms with Crippen LogP contribution in [0.5, 0.6) is 0 Å². The lowest BCUT2D eigenvalue weighted by Gasteiger charge is -2.14. The van der Waals surface area contributed by atoms with Crippen molar-refractivity contribution in [2.24, 2.45) is 0 Å². The van der Waals surface area contributed by atoms with Gasteiger partial charge in [0, 0.05) is 11.8 Å². The van der Waals surface area contributed by atoms with E-state index in [2.05, 4.69) is 5.32 Å². The standard InChI is InChI=1S/C10H9F2N3O3/c11-10(12,6-16)5-14-8-1-2-9(15(17)18)7(3-8)4-13/h1-3,14,16H,5-6H2. The van der Waals surface area contributed by atoms with Gasteiger partial charge in [-0.3, -0.25) is 10.1 Å². The Labute approximate surface area is 101 Å². The molecule has 0 amide bonds. The minimum absolute atomic E-state index is 0.144. The van der Waals surface area contributed by atoms with Crippen LogP contribution in [0.4, 0.5) is 20.2 Å². The van der Waals surface area contributed by atoms with Crippen molar-refractivity contribution in [2.75, 3.05) is 18.5 Å². The van der Waals surface area contributed by atoms with E-state index in [1.54, 1.807) is 6.07 Å². The third-order valence-corrected chi connectivity index (χ3v) is 2.10. The molecule has 0 aliphatic heterocycles. The smallest absolute Gasteiger partial charge is 0.287 e. The van der Waals surface area contributed by atoms with Crippen molar-refractivity contribution < 1.29 is 18.8 Å². The Bertz CT molecular complexity index is 500. The van der Waals surface area contributed by atoms with Crippen LogP contribution in [0.1, 0.15) is 5.56 Å². The Morgan fingerprint density at radius 2 is 2.22 bits per heavy atom. The molecule has 0 aromatic heterocycles. The molecule has 96 valence electrons. The average Bonchev–Trinajstić information content (AvgIpc) is 2.36. The number of nitro groups is 1. The first kappa shape index (κ1) is 13.8. The molecular formula is C10H9F2N3O3. The van der Waals surface area contributed by atoms with Gasteiger partial charge in [0.15, 0.2) is 0 Å². The Morgan fingerprint density at radius 3 is 2.72 bits per heavy atom. The molecule has 0 aliphatic rings. The maximum absolute atomic E-state index is 12.7. The van der Waals surface area contributed by atoms with Crippen LogP contribution in [0, 0.1) is 21.4 Å². The van der Waals surface area contributed by atoms with Crippen molar-refractivity contribution in [2.45, 2.75) is 5.92 Å². The van der Waals surface area contributed by atoms with Crippen molar-refractivity contribution in [1.29, 1.82) is 5.26 Å². The second-order valence-electron chi connectivity index (χ2n) is 3.47. The van der Waals surface area contributed by atoms with Crippen LogP contribution in [0.2, 0.25) is 0 Å². The highest BCUT2D eigenvalue weighted by molar-refractivity contribution is 5.58. The molecule has 0 fully saturated rings. The van der Waals surface area contributed by atoms with Crippen molar-refractivity contribution >= 4 is 11.4 Å². The maximum atomic E-state index is 12.7. The molecule has 0 spiro atoms. The molecule has 0 atom stereocenters. The highest BCUT2D eigenvalue weighted by Crippen LogP contribution is 2.22. The summed E-state index contributed by atoms with van der Waals surface area (Å²) < 4.78 is 25.5. The van der Waals surface area contributed by atoms with E-state index in [0.717, 1.165) is 12.1 Å². The summed E-state index contributed by atoms with van der Waals surface area (Å²) in [6, 6.07) is 4.98. The maximum Gasteiger partial charge on any atom is 0.287 e. The van der Waals surface area contributed by atoms with E-state index < -0.39 is 29.7 Å². The summed E-state index contributed by atoms with van der Waals surface area (Å²) in [4.78, 5) is 9.80. The molecule has 1 rings (SSSR count). The summed E-state index contributed by atoms with van der Waals surface area (Å²) in [5, 5.41) is 29.9. The van der Waals surface area contributed by atoms with Crippen LogP contribution in [-0.4, -0.2) is 29.1 Å². The fourth-order valence-corrected chi connectivity index (χ4v) is 1.18. The van der Waals surface area contributed by atoms with Crippen molar-refractivity contribution in [3.63, 3.8) is 0 Å². The molecule has 0 aliphatic carbocycles. The first-order valence-corrected chi connectivity index (χ1v) is 4.81. The van der Waals surface area contributed by atoms with E-state index >= 15 is 0 Å². The van der Waals surface area contributed by atoms with Crippen LogP contribution in [0.15, 0.2) is 18.2 Å². The van der Waals surface area contributed by atoms with E-state index in [4.69, 9.17) is 10.4 Å². The molecule has 1 aromatic rings. The fourth-order valence-electron chi connectivity index (χ4n) is 1.18. The van der Waals surface area contributed by atoms with Gasteiger partial charge in [-0.2, -0.15) is 5.26 Å². The molecule has 2 N–H and O–H groups in total. The lowest BCUT2D eigenvalue weighted by molar-refractivity contribution is -0.385. The van der Waals surface area contributed by atoms with Gasteiger partial charge in [0.1, 0.15) is 18.2 Å². The molecule has 6 nitrogen and oxygen atoms in total. The molecule has 0 radical (unpaired) electrons. The summed E-state index contributed by atoms with van der Waals surface area (Å²) in [6.07, 6.45) is 0. The van der Waals surface area contributed by atoms with Gasteiger partial charge in [0.2, 0.25) is 0 Å². The summed E-state index contributed by atoms with van der Waals surface area (Å²) in [5.74, 6) is -3.30. The van der Waals surface area contributed by atoms with Gasteiger partial charge in [-0.15, -0.1) is 0 Å². The molecule has 0 heterocycles. The van der Waals surface area contributed by atoms with Crippen LogP contribution in [-0.2, 0) is 0 Å². The average molecular weight is 257 g/mol. The number of alkyl halides is 2. The number of aliphatic hydroxyl groups is 1. The summed E-state index contributed by atoms with van der Waals surface area (Å²) in [5.41, 5.74) is -0.473. The van der Waals surface area contributed by atoms with Gasteiger partial charge >= 0.3 is 0 Å². The Balaban J connectivity index is 2.88. The summed E-state index contributed by atoms with van der Waals surface area (Å²) in [6.45, 7) is -2.13. The topological polar surface area (TPSA) is 99.2 Å². The zero-order valence-corrected chi connectivity index (χ0v) is 9.06. The van der Waals surface area contributed by atoms with E-state index in [9.17, 15) is 18.9 Å². The zero-order chi connectivity index (χ0) is 13.8. The monoisotopic (exact) mass is 257 g/mol. The summed E-state index contributed by atoms with van der Waals surface area (Å²) >= 11 is 0. The Morgan fingerprint density at radius 1 is 1.56 bits per heavy atom. The number of nitrogens with zero attached hydrogens (tertiary/aromatic N) is 2. The first-order valence-electron chi connectivity index (χ1n) is 4.81. The third-order valence-electron chi connectivity index (χ3n) is 2.10. The minimum atomic E-state index is -3.30. The Hall–Kier alpha value is -2.27. The molecule has 0 saturated heterocycles. The number of nitro benzene ring substituents is 1. The van der Waals surface area contributed by atoms with Crippen molar-refractivity contribution in [3.8, 4) is 6.07 Å². The molecule has 0 bridgehead atoms. The minimum Gasteiger partial charge on any atom is -0.390 e. The normalized spacial score (nSPS) is 10.8.